The van der Waals surface area contributed by atoms with E-state index < -0.39 is 0 Å². The highest BCUT2D eigenvalue weighted by molar-refractivity contribution is 9.10. The minimum Gasteiger partial charge on any atom is -0.465 e. The molecule has 1 aliphatic carbocycles. The Kier molecular flexibility index (Phi) is 4.10. The average Bonchev–Trinajstić information content (AvgIpc) is 3.14. The van der Waals surface area contributed by atoms with Gasteiger partial charge < -0.3 is 4.74 Å². The molecule has 0 aliphatic heterocycles. The zero-order chi connectivity index (χ0) is 13.2. The molecule has 0 unspecified atom stereocenters. The molecule has 0 N–H and O–H groups in total. The van der Waals surface area contributed by atoms with Crippen molar-refractivity contribution < 1.29 is 9.53 Å². The number of ether oxygens (including phenoxy) is 1. The highest BCUT2D eigenvalue weighted by atomic mass is 79.9. The average molecular weight is 311 g/mol. The summed E-state index contributed by atoms with van der Waals surface area (Å²) >= 11 is 3.60. The van der Waals surface area contributed by atoms with Crippen LogP contribution in [0.25, 0.3) is 0 Å². The summed E-state index contributed by atoms with van der Waals surface area (Å²) in [5, 5.41) is 0. The largest absolute Gasteiger partial charge is 0.465 e. The fourth-order valence-electron chi connectivity index (χ4n) is 2.32. The summed E-state index contributed by atoms with van der Waals surface area (Å²) in [6, 6.07) is 6.30. The van der Waals surface area contributed by atoms with Gasteiger partial charge in [-0.3, -0.25) is 4.79 Å². The lowest BCUT2D eigenvalue weighted by atomic mass is 9.94. The molecule has 3 heteroatoms. The minimum atomic E-state index is -0.358. The molecule has 1 aromatic rings. The molecule has 1 aromatic carbocycles. The van der Waals surface area contributed by atoms with Crippen LogP contribution in [0.15, 0.2) is 22.7 Å². The quantitative estimate of drug-likeness (QED) is 0.768. The van der Waals surface area contributed by atoms with E-state index >= 15 is 0 Å². The van der Waals surface area contributed by atoms with Crippen LogP contribution in [0.5, 0.6) is 0 Å². The van der Waals surface area contributed by atoms with Crippen molar-refractivity contribution in [3.8, 4) is 0 Å². The van der Waals surface area contributed by atoms with Gasteiger partial charge in [-0.1, -0.05) is 41.4 Å². The lowest BCUT2D eigenvalue weighted by molar-refractivity contribution is -0.146. The topological polar surface area (TPSA) is 26.3 Å². The van der Waals surface area contributed by atoms with Crippen molar-refractivity contribution in [1.82, 2.24) is 0 Å². The lowest BCUT2D eigenvalue weighted by Gasteiger charge is -2.15. The van der Waals surface area contributed by atoms with Gasteiger partial charge in [-0.05, 0) is 43.4 Å². The number of benzene rings is 1. The number of hydrogen-bond donors (Lipinski definition) is 0. The third kappa shape index (κ3) is 2.46. The Hall–Kier alpha value is -0.830. The standard InChI is InChI=1S/C15H19BrO2/c1-3-5-11-6-7-12(10-13(11)16)15(8-9-15)14(17)18-4-2/h6-7,10H,3-5,8-9H2,1-2H3. The van der Waals surface area contributed by atoms with Crippen molar-refractivity contribution in [2.75, 3.05) is 6.61 Å². The van der Waals surface area contributed by atoms with Crippen LogP contribution < -0.4 is 0 Å². The normalized spacial score (nSPS) is 16.4. The van der Waals surface area contributed by atoms with Gasteiger partial charge in [0.05, 0.1) is 12.0 Å². The fraction of sp³-hybridized carbons (Fsp3) is 0.533. The van der Waals surface area contributed by atoms with Crippen LogP contribution in [0, 0.1) is 0 Å². The zero-order valence-electron chi connectivity index (χ0n) is 11.0. The molecule has 2 nitrogen and oxygen atoms in total. The Balaban J connectivity index is 2.24. The summed E-state index contributed by atoms with van der Waals surface area (Å²) in [7, 11) is 0. The molecule has 1 saturated carbocycles. The Morgan fingerprint density at radius 1 is 1.39 bits per heavy atom. The second-order valence-electron chi connectivity index (χ2n) is 4.86. The van der Waals surface area contributed by atoms with Crippen LogP contribution in [0.3, 0.4) is 0 Å². The summed E-state index contributed by atoms with van der Waals surface area (Å²) in [6.45, 7) is 4.48. The number of carbonyl (C=O) groups is 1. The SMILES string of the molecule is CCCc1ccc(C2(C(=O)OCC)CC2)cc1Br. The number of rotatable bonds is 5. The van der Waals surface area contributed by atoms with E-state index in [4.69, 9.17) is 4.74 Å². The van der Waals surface area contributed by atoms with Crippen molar-refractivity contribution >= 4 is 21.9 Å². The molecule has 0 saturated heterocycles. The Labute approximate surface area is 117 Å². The van der Waals surface area contributed by atoms with Crippen LogP contribution >= 0.6 is 15.9 Å². The van der Waals surface area contributed by atoms with Gasteiger partial charge in [0.25, 0.3) is 0 Å². The minimum absolute atomic E-state index is 0.0693. The predicted octanol–water partition coefficient (Wildman–Crippen LogP) is 4.00. The number of aryl methyl sites for hydroxylation is 1. The van der Waals surface area contributed by atoms with E-state index in [0.29, 0.717) is 6.61 Å². The van der Waals surface area contributed by atoms with E-state index in [1.54, 1.807) is 0 Å². The first-order chi connectivity index (χ1) is 8.64. The van der Waals surface area contributed by atoms with E-state index in [1.165, 1.54) is 5.56 Å². The van der Waals surface area contributed by atoms with Crippen LogP contribution in [0.1, 0.15) is 44.2 Å². The molecule has 0 atom stereocenters. The Bertz CT molecular complexity index is 450. The van der Waals surface area contributed by atoms with E-state index in [-0.39, 0.29) is 11.4 Å². The molecule has 18 heavy (non-hydrogen) atoms. The van der Waals surface area contributed by atoms with Gasteiger partial charge >= 0.3 is 5.97 Å². The molecule has 98 valence electrons. The van der Waals surface area contributed by atoms with Gasteiger partial charge in [0.15, 0.2) is 0 Å². The molecular weight excluding hydrogens is 292 g/mol. The first-order valence-corrected chi connectivity index (χ1v) is 7.39. The summed E-state index contributed by atoms with van der Waals surface area (Å²) in [6.07, 6.45) is 4.00. The van der Waals surface area contributed by atoms with Gasteiger partial charge in [-0.25, -0.2) is 0 Å². The molecule has 0 bridgehead atoms. The number of esters is 1. The highest BCUT2D eigenvalue weighted by Gasteiger charge is 2.52. The third-order valence-corrected chi connectivity index (χ3v) is 4.28. The zero-order valence-corrected chi connectivity index (χ0v) is 12.5. The van der Waals surface area contributed by atoms with E-state index in [1.807, 2.05) is 6.92 Å². The summed E-state index contributed by atoms with van der Waals surface area (Å²) in [4.78, 5) is 12.0. The van der Waals surface area contributed by atoms with Crippen molar-refractivity contribution in [2.45, 2.75) is 44.9 Å². The lowest BCUT2D eigenvalue weighted by Crippen LogP contribution is -2.23. The van der Waals surface area contributed by atoms with Crippen molar-refractivity contribution in [1.29, 1.82) is 0 Å². The van der Waals surface area contributed by atoms with Crippen LogP contribution in [0.4, 0.5) is 0 Å². The predicted molar refractivity (Wildman–Crippen MR) is 75.7 cm³/mol. The van der Waals surface area contributed by atoms with E-state index in [0.717, 1.165) is 35.7 Å². The maximum absolute atomic E-state index is 12.0. The highest BCUT2D eigenvalue weighted by Crippen LogP contribution is 2.49. The molecule has 0 heterocycles. The number of hydrogen-bond acceptors (Lipinski definition) is 2. The second kappa shape index (κ2) is 5.43. The van der Waals surface area contributed by atoms with Crippen LogP contribution in [-0.2, 0) is 21.4 Å². The first kappa shape index (κ1) is 13.6. The monoisotopic (exact) mass is 310 g/mol. The first-order valence-electron chi connectivity index (χ1n) is 6.60. The van der Waals surface area contributed by atoms with Gasteiger partial charge in [0, 0.05) is 4.47 Å². The van der Waals surface area contributed by atoms with Gasteiger partial charge in [-0.15, -0.1) is 0 Å². The molecule has 0 amide bonds. The second-order valence-corrected chi connectivity index (χ2v) is 5.71. The van der Waals surface area contributed by atoms with E-state index in [9.17, 15) is 4.79 Å². The fourth-order valence-corrected chi connectivity index (χ4v) is 2.90. The van der Waals surface area contributed by atoms with Crippen LogP contribution in [0.2, 0.25) is 0 Å². The number of carbonyl (C=O) groups excluding carboxylic acids is 1. The maximum Gasteiger partial charge on any atom is 0.316 e. The molecule has 0 spiro atoms. The molecule has 0 radical (unpaired) electrons. The summed E-state index contributed by atoms with van der Waals surface area (Å²) < 4.78 is 6.30. The van der Waals surface area contributed by atoms with Gasteiger partial charge in [0.2, 0.25) is 0 Å². The molecular formula is C15H19BrO2. The third-order valence-electron chi connectivity index (χ3n) is 3.54. The Morgan fingerprint density at radius 3 is 2.61 bits per heavy atom. The Morgan fingerprint density at radius 2 is 2.11 bits per heavy atom. The molecule has 2 rings (SSSR count). The van der Waals surface area contributed by atoms with E-state index in [2.05, 4.69) is 41.1 Å². The van der Waals surface area contributed by atoms with Gasteiger partial charge in [0.1, 0.15) is 0 Å². The van der Waals surface area contributed by atoms with Gasteiger partial charge in [-0.2, -0.15) is 0 Å². The molecule has 1 aliphatic rings. The maximum atomic E-state index is 12.0. The van der Waals surface area contributed by atoms with Crippen LogP contribution in [-0.4, -0.2) is 12.6 Å². The summed E-state index contributed by atoms with van der Waals surface area (Å²) in [5.74, 6) is -0.0693. The van der Waals surface area contributed by atoms with Crippen molar-refractivity contribution in [3.05, 3.63) is 33.8 Å². The van der Waals surface area contributed by atoms with Crippen molar-refractivity contribution in [2.24, 2.45) is 0 Å². The number of halogens is 1. The van der Waals surface area contributed by atoms with Crippen molar-refractivity contribution in [3.63, 3.8) is 0 Å². The summed E-state index contributed by atoms with van der Waals surface area (Å²) in [5.41, 5.74) is 2.04. The molecule has 1 fully saturated rings. The smallest absolute Gasteiger partial charge is 0.316 e. The molecule has 0 aromatic heterocycles.